The maximum atomic E-state index is 11.6. The van der Waals surface area contributed by atoms with Gasteiger partial charge in [-0.15, -0.1) is 0 Å². The molecular weight excluding hydrogens is 260 g/mol. The molecule has 0 aliphatic rings. The van der Waals surface area contributed by atoms with Crippen LogP contribution < -0.4 is 10.0 Å². The number of phenolic OH excluding ortho intramolecular Hbond substituents is 2. The number of rotatable bonds is 5. The monoisotopic (exact) mass is 274 g/mol. The van der Waals surface area contributed by atoms with Crippen LogP contribution in [0.3, 0.4) is 0 Å². The fraction of sp³-hybridized carbons (Fsp3) is 0.300. The van der Waals surface area contributed by atoms with Gasteiger partial charge in [-0.1, -0.05) is 0 Å². The molecule has 100 valence electrons. The molecule has 0 aromatic heterocycles. The van der Waals surface area contributed by atoms with Crippen molar-refractivity contribution < 1.29 is 23.4 Å². The number of phenols is 2. The largest absolute Gasteiger partial charge is 0.504 e. The topological polar surface area (TPSA) is 116 Å². The van der Waals surface area contributed by atoms with E-state index in [9.17, 15) is 18.3 Å². The summed E-state index contributed by atoms with van der Waals surface area (Å²) in [5.74, 6) is -1.18. The lowest BCUT2D eigenvalue weighted by Crippen LogP contribution is -2.34. The van der Waals surface area contributed by atoms with Crippen molar-refractivity contribution in [2.24, 2.45) is 0 Å². The summed E-state index contributed by atoms with van der Waals surface area (Å²) in [6.45, 7) is 0.197. The van der Waals surface area contributed by atoms with Crippen molar-refractivity contribution in [3.63, 3.8) is 0 Å². The number of benzene rings is 1. The number of amides is 1. The fourth-order valence-corrected chi connectivity index (χ4v) is 1.65. The van der Waals surface area contributed by atoms with Crippen LogP contribution in [0.25, 0.3) is 0 Å². The molecule has 0 unspecified atom stereocenters. The molecule has 0 atom stereocenters. The lowest BCUT2D eigenvalue weighted by atomic mass is 10.2. The van der Waals surface area contributed by atoms with E-state index in [1.807, 2.05) is 0 Å². The Hall–Kier alpha value is -1.80. The first kappa shape index (κ1) is 14.3. The molecule has 0 radical (unpaired) electrons. The van der Waals surface area contributed by atoms with E-state index in [-0.39, 0.29) is 24.4 Å². The number of carbonyl (C=O) groups is 1. The van der Waals surface area contributed by atoms with Crippen LogP contribution in [0.15, 0.2) is 18.2 Å². The molecule has 4 N–H and O–H groups in total. The van der Waals surface area contributed by atoms with Crippen LogP contribution >= 0.6 is 0 Å². The summed E-state index contributed by atoms with van der Waals surface area (Å²) in [6.07, 6.45) is 1.02. The van der Waals surface area contributed by atoms with Crippen LogP contribution in [0.5, 0.6) is 11.5 Å². The minimum Gasteiger partial charge on any atom is -0.504 e. The van der Waals surface area contributed by atoms with E-state index >= 15 is 0 Å². The predicted molar refractivity (Wildman–Crippen MR) is 65.0 cm³/mol. The van der Waals surface area contributed by atoms with Crippen molar-refractivity contribution >= 4 is 15.9 Å². The van der Waals surface area contributed by atoms with Gasteiger partial charge in [0.2, 0.25) is 10.0 Å². The minimum atomic E-state index is -3.27. The molecule has 0 aliphatic heterocycles. The molecule has 8 heteroatoms. The maximum absolute atomic E-state index is 11.6. The quantitative estimate of drug-likeness (QED) is 0.422. The summed E-state index contributed by atoms with van der Waals surface area (Å²) in [7, 11) is -3.27. The highest BCUT2D eigenvalue weighted by Crippen LogP contribution is 2.24. The maximum Gasteiger partial charge on any atom is 0.251 e. The number of carbonyl (C=O) groups excluding carboxylic acids is 1. The number of hydrogen-bond acceptors (Lipinski definition) is 5. The summed E-state index contributed by atoms with van der Waals surface area (Å²) >= 11 is 0. The Morgan fingerprint density at radius 3 is 2.44 bits per heavy atom. The van der Waals surface area contributed by atoms with Crippen molar-refractivity contribution in [3.05, 3.63) is 23.8 Å². The van der Waals surface area contributed by atoms with Gasteiger partial charge in [0, 0.05) is 18.7 Å². The molecule has 0 heterocycles. The van der Waals surface area contributed by atoms with E-state index in [2.05, 4.69) is 10.0 Å². The van der Waals surface area contributed by atoms with Gasteiger partial charge in [-0.2, -0.15) is 0 Å². The third-order valence-corrected chi connectivity index (χ3v) is 2.74. The van der Waals surface area contributed by atoms with Gasteiger partial charge in [-0.3, -0.25) is 4.79 Å². The van der Waals surface area contributed by atoms with Crippen LogP contribution in [0.2, 0.25) is 0 Å². The Balaban J connectivity index is 2.48. The second kappa shape index (κ2) is 5.69. The minimum absolute atomic E-state index is 0.0780. The predicted octanol–water partition coefficient (Wildman–Crippen LogP) is -0.623. The van der Waals surface area contributed by atoms with E-state index < -0.39 is 21.7 Å². The normalized spacial score (nSPS) is 11.2. The number of nitrogens with one attached hydrogen (secondary N) is 2. The molecular formula is C10H14N2O5S. The molecule has 1 amide bonds. The zero-order valence-corrected chi connectivity index (χ0v) is 10.5. The van der Waals surface area contributed by atoms with Gasteiger partial charge in [0.15, 0.2) is 11.5 Å². The molecule has 0 saturated heterocycles. The van der Waals surface area contributed by atoms with E-state index in [1.54, 1.807) is 0 Å². The molecule has 1 aromatic carbocycles. The lowest BCUT2D eigenvalue weighted by molar-refractivity contribution is 0.0954. The smallest absolute Gasteiger partial charge is 0.251 e. The highest BCUT2D eigenvalue weighted by molar-refractivity contribution is 7.88. The number of sulfonamides is 1. The molecule has 1 rings (SSSR count). The Labute approximate surface area is 105 Å². The molecule has 0 fully saturated rings. The molecule has 0 bridgehead atoms. The molecule has 18 heavy (non-hydrogen) atoms. The van der Waals surface area contributed by atoms with Crippen molar-refractivity contribution in [2.45, 2.75) is 0 Å². The zero-order valence-electron chi connectivity index (χ0n) is 9.67. The highest BCUT2D eigenvalue weighted by Gasteiger charge is 2.08. The zero-order chi connectivity index (χ0) is 13.8. The molecule has 0 saturated carbocycles. The van der Waals surface area contributed by atoms with Crippen LogP contribution in [0, 0.1) is 0 Å². The second-order valence-corrected chi connectivity index (χ2v) is 5.46. The Kier molecular flexibility index (Phi) is 4.51. The summed E-state index contributed by atoms with van der Waals surface area (Å²) in [4.78, 5) is 11.6. The Bertz CT molecular complexity index is 541. The Morgan fingerprint density at radius 1 is 1.22 bits per heavy atom. The fourth-order valence-electron chi connectivity index (χ4n) is 1.18. The number of aromatic hydroxyl groups is 2. The van der Waals surface area contributed by atoms with Gasteiger partial charge in [-0.05, 0) is 18.2 Å². The third-order valence-electron chi connectivity index (χ3n) is 2.01. The second-order valence-electron chi connectivity index (χ2n) is 3.63. The molecule has 7 nitrogen and oxygen atoms in total. The molecule has 0 spiro atoms. The summed E-state index contributed by atoms with van der Waals surface area (Å²) in [5, 5.41) is 20.7. The first-order valence-electron chi connectivity index (χ1n) is 5.04. The van der Waals surface area contributed by atoms with Crippen molar-refractivity contribution in [1.29, 1.82) is 0 Å². The third kappa shape index (κ3) is 4.60. The van der Waals surface area contributed by atoms with Crippen molar-refractivity contribution in [1.82, 2.24) is 10.0 Å². The van der Waals surface area contributed by atoms with E-state index in [1.165, 1.54) is 12.1 Å². The van der Waals surface area contributed by atoms with Gasteiger partial charge < -0.3 is 15.5 Å². The van der Waals surface area contributed by atoms with Crippen LogP contribution in [-0.2, 0) is 10.0 Å². The van der Waals surface area contributed by atoms with Crippen molar-refractivity contribution in [3.8, 4) is 11.5 Å². The van der Waals surface area contributed by atoms with Crippen LogP contribution in [0.1, 0.15) is 10.4 Å². The average molecular weight is 274 g/mol. The van der Waals surface area contributed by atoms with Gasteiger partial charge >= 0.3 is 0 Å². The first-order chi connectivity index (χ1) is 8.29. The SMILES string of the molecule is CS(=O)(=O)NCCNC(=O)c1ccc(O)c(O)c1. The van der Waals surface area contributed by atoms with Crippen LogP contribution in [-0.4, -0.2) is 43.9 Å². The van der Waals surface area contributed by atoms with Gasteiger partial charge in [0.05, 0.1) is 6.26 Å². The summed E-state index contributed by atoms with van der Waals surface area (Å²) in [6, 6.07) is 3.65. The van der Waals surface area contributed by atoms with Gasteiger partial charge in [-0.25, -0.2) is 13.1 Å². The van der Waals surface area contributed by atoms with Gasteiger partial charge in [0.1, 0.15) is 0 Å². The Morgan fingerprint density at radius 2 is 1.89 bits per heavy atom. The highest BCUT2D eigenvalue weighted by atomic mass is 32.2. The first-order valence-corrected chi connectivity index (χ1v) is 6.93. The van der Waals surface area contributed by atoms with E-state index in [4.69, 9.17) is 5.11 Å². The number of hydrogen-bond donors (Lipinski definition) is 4. The van der Waals surface area contributed by atoms with Crippen molar-refractivity contribution in [2.75, 3.05) is 19.3 Å². The average Bonchev–Trinajstić information content (AvgIpc) is 2.26. The lowest BCUT2D eigenvalue weighted by Gasteiger charge is -2.06. The van der Waals surface area contributed by atoms with E-state index in [0.717, 1.165) is 12.3 Å². The summed E-state index contributed by atoms with van der Waals surface area (Å²) in [5.41, 5.74) is 0.171. The summed E-state index contributed by atoms with van der Waals surface area (Å²) < 4.78 is 23.7. The van der Waals surface area contributed by atoms with E-state index in [0.29, 0.717) is 0 Å². The van der Waals surface area contributed by atoms with Crippen LogP contribution in [0.4, 0.5) is 0 Å². The standard InChI is InChI=1S/C10H14N2O5S/c1-18(16,17)12-5-4-11-10(15)7-2-3-8(13)9(14)6-7/h2-3,6,12-14H,4-5H2,1H3,(H,11,15). The molecule has 0 aliphatic carbocycles. The molecule has 1 aromatic rings. The van der Waals surface area contributed by atoms with Gasteiger partial charge in [0.25, 0.3) is 5.91 Å².